The van der Waals surface area contributed by atoms with Gasteiger partial charge in [0.1, 0.15) is 17.2 Å². The standard InChI is InChI=1S/C20H24N4O4S2/c1-13(17-10-15-5-3-4-6-16(15)28-17)21-19(25)11-29-20-23-22-18(24(20)2)9-14-7-8-30(26,27)12-14/h3-6,10,13-14H,7-9,11-12H2,1-2H3,(H,21,25). The number of sulfone groups is 1. The molecule has 0 aliphatic carbocycles. The molecule has 4 rings (SSSR count). The number of benzene rings is 1. The lowest BCUT2D eigenvalue weighted by atomic mass is 10.1. The lowest BCUT2D eigenvalue weighted by Gasteiger charge is -2.11. The molecule has 1 saturated heterocycles. The van der Waals surface area contributed by atoms with Crippen molar-refractivity contribution in [2.24, 2.45) is 13.0 Å². The van der Waals surface area contributed by atoms with Crippen LogP contribution in [0.2, 0.25) is 0 Å². The Morgan fingerprint density at radius 2 is 2.17 bits per heavy atom. The van der Waals surface area contributed by atoms with Crippen molar-refractivity contribution in [2.45, 2.75) is 31.0 Å². The van der Waals surface area contributed by atoms with E-state index < -0.39 is 9.84 Å². The number of fused-ring (bicyclic) bond motifs is 1. The first-order valence-electron chi connectivity index (χ1n) is 9.80. The number of carbonyl (C=O) groups excluding carboxylic acids is 1. The van der Waals surface area contributed by atoms with Gasteiger partial charge in [-0.05, 0) is 31.4 Å². The first-order chi connectivity index (χ1) is 14.3. The maximum absolute atomic E-state index is 12.4. The summed E-state index contributed by atoms with van der Waals surface area (Å²) in [5.41, 5.74) is 0.796. The maximum atomic E-state index is 12.4. The van der Waals surface area contributed by atoms with Gasteiger partial charge in [-0.2, -0.15) is 0 Å². The zero-order valence-electron chi connectivity index (χ0n) is 16.9. The summed E-state index contributed by atoms with van der Waals surface area (Å²) in [4.78, 5) is 12.4. The molecule has 30 heavy (non-hydrogen) atoms. The van der Waals surface area contributed by atoms with Gasteiger partial charge in [-0.3, -0.25) is 4.79 Å². The number of nitrogens with zero attached hydrogens (tertiary/aromatic N) is 3. The molecule has 3 aromatic rings. The minimum Gasteiger partial charge on any atom is -0.459 e. The zero-order chi connectivity index (χ0) is 21.3. The molecule has 0 spiro atoms. The second kappa shape index (κ2) is 8.43. The predicted octanol–water partition coefficient (Wildman–Crippen LogP) is 2.51. The summed E-state index contributed by atoms with van der Waals surface area (Å²) in [6.07, 6.45) is 1.25. The van der Waals surface area contributed by atoms with E-state index in [0.717, 1.165) is 16.8 Å². The maximum Gasteiger partial charge on any atom is 0.231 e. The monoisotopic (exact) mass is 448 g/mol. The van der Waals surface area contributed by atoms with Crippen molar-refractivity contribution in [3.8, 4) is 0 Å². The Morgan fingerprint density at radius 3 is 2.90 bits per heavy atom. The van der Waals surface area contributed by atoms with Crippen molar-refractivity contribution in [1.82, 2.24) is 20.1 Å². The van der Waals surface area contributed by atoms with Crippen LogP contribution >= 0.6 is 11.8 Å². The Bertz CT molecular complexity index is 1140. The third kappa shape index (κ3) is 4.70. The lowest BCUT2D eigenvalue weighted by Crippen LogP contribution is -2.28. The lowest BCUT2D eigenvalue weighted by molar-refractivity contribution is -0.119. The molecule has 0 bridgehead atoms. The van der Waals surface area contributed by atoms with Gasteiger partial charge in [0.05, 0.1) is 23.3 Å². The van der Waals surface area contributed by atoms with Crippen LogP contribution in [0.25, 0.3) is 11.0 Å². The third-order valence-electron chi connectivity index (χ3n) is 5.30. The molecule has 1 fully saturated rings. The Kier molecular flexibility index (Phi) is 5.88. The minimum absolute atomic E-state index is 0.0868. The van der Waals surface area contributed by atoms with Crippen molar-refractivity contribution in [1.29, 1.82) is 0 Å². The Morgan fingerprint density at radius 1 is 1.37 bits per heavy atom. The normalized spacial score (nSPS) is 19.2. The van der Waals surface area contributed by atoms with Gasteiger partial charge in [0.2, 0.25) is 5.91 Å². The molecular weight excluding hydrogens is 424 g/mol. The number of furan rings is 1. The van der Waals surface area contributed by atoms with Gasteiger partial charge in [0.15, 0.2) is 15.0 Å². The van der Waals surface area contributed by atoms with Crippen LogP contribution in [0.3, 0.4) is 0 Å². The van der Waals surface area contributed by atoms with Gasteiger partial charge in [-0.25, -0.2) is 8.42 Å². The number of carbonyl (C=O) groups is 1. The molecular formula is C20H24N4O4S2. The van der Waals surface area contributed by atoms with Crippen molar-refractivity contribution in [2.75, 3.05) is 17.3 Å². The average molecular weight is 449 g/mol. The fraction of sp³-hybridized carbons (Fsp3) is 0.450. The highest BCUT2D eigenvalue weighted by atomic mass is 32.2. The molecule has 2 aromatic heterocycles. The molecule has 1 aliphatic heterocycles. The van der Waals surface area contributed by atoms with E-state index in [0.29, 0.717) is 23.8 Å². The molecule has 1 N–H and O–H groups in total. The third-order valence-corrected chi connectivity index (χ3v) is 8.16. The minimum atomic E-state index is -2.91. The second-order valence-corrected chi connectivity index (χ2v) is 10.9. The van der Waals surface area contributed by atoms with Crippen molar-refractivity contribution in [3.63, 3.8) is 0 Å². The topological polar surface area (TPSA) is 107 Å². The molecule has 10 heteroatoms. The number of rotatable bonds is 7. The largest absolute Gasteiger partial charge is 0.459 e. The molecule has 1 aromatic carbocycles. The van der Waals surface area contributed by atoms with E-state index in [1.807, 2.05) is 48.9 Å². The van der Waals surface area contributed by atoms with Crippen molar-refractivity contribution in [3.05, 3.63) is 41.9 Å². The highest BCUT2D eigenvalue weighted by Crippen LogP contribution is 2.25. The predicted molar refractivity (Wildman–Crippen MR) is 115 cm³/mol. The molecule has 3 heterocycles. The fourth-order valence-electron chi connectivity index (χ4n) is 3.64. The number of nitrogens with one attached hydrogen (secondary N) is 1. The summed E-state index contributed by atoms with van der Waals surface area (Å²) >= 11 is 1.30. The summed E-state index contributed by atoms with van der Waals surface area (Å²) in [6, 6.07) is 9.42. The summed E-state index contributed by atoms with van der Waals surface area (Å²) in [5.74, 6) is 2.08. The molecule has 160 valence electrons. The van der Waals surface area contributed by atoms with Crippen LogP contribution in [0.1, 0.15) is 31.0 Å². The number of amides is 1. The summed E-state index contributed by atoms with van der Waals surface area (Å²) < 4.78 is 30.9. The fourth-order valence-corrected chi connectivity index (χ4v) is 6.24. The highest BCUT2D eigenvalue weighted by Gasteiger charge is 2.29. The average Bonchev–Trinajstić information content (AvgIpc) is 3.38. The molecule has 0 radical (unpaired) electrons. The van der Waals surface area contributed by atoms with Crippen LogP contribution < -0.4 is 5.32 Å². The quantitative estimate of drug-likeness (QED) is 0.553. The number of hydrogen-bond acceptors (Lipinski definition) is 7. The van der Waals surface area contributed by atoms with Gasteiger partial charge in [-0.15, -0.1) is 10.2 Å². The van der Waals surface area contributed by atoms with Crippen LogP contribution in [0, 0.1) is 5.92 Å². The van der Waals surface area contributed by atoms with Gasteiger partial charge in [-0.1, -0.05) is 30.0 Å². The summed E-state index contributed by atoms with van der Waals surface area (Å²) in [7, 11) is -1.07. The first-order valence-corrected chi connectivity index (χ1v) is 12.6. The number of para-hydroxylation sites is 1. The number of hydrogen-bond donors (Lipinski definition) is 1. The van der Waals surface area contributed by atoms with Gasteiger partial charge in [0, 0.05) is 18.9 Å². The molecule has 0 saturated carbocycles. The van der Waals surface area contributed by atoms with Crippen LogP contribution in [0.4, 0.5) is 0 Å². The number of aromatic nitrogens is 3. The van der Waals surface area contributed by atoms with E-state index in [-0.39, 0.29) is 35.1 Å². The zero-order valence-corrected chi connectivity index (χ0v) is 18.5. The Labute approximate surface area is 179 Å². The molecule has 2 unspecified atom stereocenters. The van der Waals surface area contributed by atoms with E-state index in [1.54, 1.807) is 0 Å². The highest BCUT2D eigenvalue weighted by molar-refractivity contribution is 7.99. The van der Waals surface area contributed by atoms with Crippen LogP contribution in [-0.2, 0) is 28.1 Å². The molecule has 1 amide bonds. The Balaban J connectivity index is 1.31. The SMILES string of the molecule is CC(NC(=O)CSc1nnc(CC2CCS(=O)(=O)C2)n1C)c1cc2ccccc2o1. The van der Waals surface area contributed by atoms with Gasteiger partial charge in [0.25, 0.3) is 0 Å². The first kappa shape index (κ1) is 20.9. The molecule has 1 aliphatic rings. The van der Waals surface area contributed by atoms with Crippen molar-refractivity contribution >= 4 is 38.5 Å². The van der Waals surface area contributed by atoms with E-state index >= 15 is 0 Å². The summed E-state index contributed by atoms with van der Waals surface area (Å²) in [6.45, 7) is 1.89. The van der Waals surface area contributed by atoms with E-state index in [2.05, 4.69) is 15.5 Å². The van der Waals surface area contributed by atoms with Gasteiger partial charge >= 0.3 is 0 Å². The van der Waals surface area contributed by atoms with E-state index in [1.165, 1.54) is 11.8 Å². The molecule has 2 atom stereocenters. The van der Waals surface area contributed by atoms with Crippen LogP contribution in [0.5, 0.6) is 0 Å². The van der Waals surface area contributed by atoms with Crippen molar-refractivity contribution < 1.29 is 17.6 Å². The Hall–Kier alpha value is -2.33. The summed E-state index contributed by atoms with van der Waals surface area (Å²) in [5, 5.41) is 12.9. The van der Waals surface area contributed by atoms with Gasteiger partial charge < -0.3 is 14.3 Å². The molecule has 8 nitrogen and oxygen atoms in total. The van der Waals surface area contributed by atoms with E-state index in [9.17, 15) is 13.2 Å². The van der Waals surface area contributed by atoms with Crippen LogP contribution in [-0.4, -0.2) is 46.3 Å². The van der Waals surface area contributed by atoms with Crippen LogP contribution in [0.15, 0.2) is 39.9 Å². The van der Waals surface area contributed by atoms with E-state index in [4.69, 9.17) is 4.42 Å². The number of thioether (sulfide) groups is 1. The second-order valence-electron chi connectivity index (χ2n) is 7.70. The smallest absolute Gasteiger partial charge is 0.231 e.